The average Bonchev–Trinajstić information content (AvgIpc) is 3.02. The fourth-order valence-electron chi connectivity index (χ4n) is 4.95. The van der Waals surface area contributed by atoms with Gasteiger partial charge in [-0.15, -0.1) is 0 Å². The number of Topliss-reactive ketones (excluding diaryl/α,β-unsaturated/α-hetero) is 1. The van der Waals surface area contributed by atoms with Crippen molar-refractivity contribution >= 4 is 5.78 Å². The van der Waals surface area contributed by atoms with Crippen LogP contribution < -0.4 is 0 Å². The van der Waals surface area contributed by atoms with Gasteiger partial charge < -0.3 is 14.5 Å². The van der Waals surface area contributed by atoms with E-state index < -0.39 is 17.3 Å². The topological polar surface area (TPSA) is 32.8 Å². The Morgan fingerprint density at radius 2 is 1.90 bits per heavy atom. The van der Waals surface area contributed by atoms with Gasteiger partial charge in [-0.05, 0) is 50.1 Å². The van der Waals surface area contributed by atoms with Gasteiger partial charge in [-0.1, -0.05) is 18.2 Å². The van der Waals surface area contributed by atoms with Gasteiger partial charge in [0, 0.05) is 56.9 Å². The highest BCUT2D eigenvalue weighted by atomic mass is 19.4. The Balaban J connectivity index is 1.55. The molecule has 0 saturated carbocycles. The van der Waals surface area contributed by atoms with Crippen molar-refractivity contribution in [1.82, 2.24) is 9.80 Å². The van der Waals surface area contributed by atoms with Crippen LogP contribution in [0.15, 0.2) is 47.2 Å². The van der Waals surface area contributed by atoms with Crippen LogP contribution in [0, 0.1) is 5.92 Å². The van der Waals surface area contributed by atoms with Crippen molar-refractivity contribution in [3.05, 3.63) is 58.3 Å². The van der Waals surface area contributed by atoms with Gasteiger partial charge in [-0.25, -0.2) is 0 Å². The Kier molecular flexibility index (Phi) is 5.77. The lowest BCUT2D eigenvalue weighted by Gasteiger charge is -2.44. The van der Waals surface area contributed by atoms with Crippen LogP contribution in [-0.2, 0) is 22.1 Å². The van der Waals surface area contributed by atoms with Gasteiger partial charge in [0.2, 0.25) is 0 Å². The van der Waals surface area contributed by atoms with Crippen LogP contribution in [0.1, 0.15) is 30.9 Å². The van der Waals surface area contributed by atoms with Gasteiger partial charge in [0.1, 0.15) is 5.60 Å². The van der Waals surface area contributed by atoms with E-state index in [-0.39, 0.29) is 11.7 Å². The Bertz CT molecular complexity index is 929. The van der Waals surface area contributed by atoms with E-state index in [2.05, 4.69) is 22.9 Å². The molecule has 0 spiro atoms. The first-order chi connectivity index (χ1) is 14.6. The number of ketones is 1. The highest BCUT2D eigenvalue weighted by Crippen LogP contribution is 2.44. The minimum absolute atomic E-state index is 0.0457. The predicted molar refractivity (Wildman–Crippen MR) is 112 cm³/mol. The first kappa shape index (κ1) is 22.1. The van der Waals surface area contributed by atoms with Gasteiger partial charge in [0.15, 0.2) is 5.78 Å². The van der Waals surface area contributed by atoms with Crippen molar-refractivity contribution in [2.45, 2.75) is 38.0 Å². The van der Waals surface area contributed by atoms with E-state index in [1.165, 1.54) is 6.07 Å². The number of carbonyl (C=O) groups is 1. The molecule has 7 heteroatoms. The van der Waals surface area contributed by atoms with E-state index >= 15 is 0 Å². The number of carbonyl (C=O) groups excluding carboxylic acids is 1. The summed E-state index contributed by atoms with van der Waals surface area (Å²) in [6, 6.07) is 5.32. The molecule has 4 rings (SSSR count). The lowest BCUT2D eigenvalue weighted by molar-refractivity contribution is -0.137. The normalized spacial score (nSPS) is 27.5. The summed E-state index contributed by atoms with van der Waals surface area (Å²) in [4.78, 5) is 17.8. The zero-order valence-electron chi connectivity index (χ0n) is 18.3. The molecule has 4 nitrogen and oxygen atoms in total. The number of nitrogens with zero attached hydrogens (tertiary/aromatic N) is 2. The summed E-state index contributed by atoms with van der Waals surface area (Å²) in [6.07, 6.45) is -0.876. The number of methoxy groups -OCH3 is 1. The van der Waals surface area contributed by atoms with E-state index in [9.17, 15) is 18.0 Å². The van der Waals surface area contributed by atoms with Gasteiger partial charge in [-0.3, -0.25) is 4.79 Å². The van der Waals surface area contributed by atoms with Crippen LogP contribution in [0.25, 0.3) is 0 Å². The molecule has 2 aliphatic carbocycles. The van der Waals surface area contributed by atoms with Crippen LogP contribution in [0.4, 0.5) is 13.2 Å². The first-order valence-electron chi connectivity index (χ1n) is 10.7. The molecule has 31 heavy (non-hydrogen) atoms. The molecule has 168 valence electrons. The number of alkyl halides is 3. The lowest BCUT2D eigenvalue weighted by atomic mass is 9.84. The molecule has 0 N–H and O–H groups in total. The van der Waals surface area contributed by atoms with Crippen LogP contribution >= 0.6 is 0 Å². The highest BCUT2D eigenvalue weighted by molar-refractivity contribution is 6.02. The van der Waals surface area contributed by atoms with Gasteiger partial charge in [0.25, 0.3) is 0 Å². The molecule has 1 fully saturated rings. The second-order valence-electron chi connectivity index (χ2n) is 9.10. The van der Waals surface area contributed by atoms with Crippen LogP contribution in [0.2, 0.25) is 0 Å². The molecular formula is C24H29F3N2O2. The molecule has 1 saturated heterocycles. The maximum Gasteiger partial charge on any atom is 0.416 e. The third kappa shape index (κ3) is 4.30. The summed E-state index contributed by atoms with van der Waals surface area (Å²) in [5, 5.41) is 0. The molecule has 2 atom stereocenters. The van der Waals surface area contributed by atoms with Crippen molar-refractivity contribution in [3.63, 3.8) is 0 Å². The van der Waals surface area contributed by atoms with Crippen molar-refractivity contribution in [3.8, 4) is 0 Å². The van der Waals surface area contributed by atoms with Crippen molar-refractivity contribution in [2.75, 3.05) is 40.3 Å². The summed E-state index contributed by atoms with van der Waals surface area (Å²) >= 11 is 0. The van der Waals surface area contributed by atoms with Crippen LogP contribution in [0.5, 0.6) is 0 Å². The Morgan fingerprint density at radius 3 is 2.55 bits per heavy atom. The maximum absolute atomic E-state index is 13.2. The lowest BCUT2D eigenvalue weighted by Crippen LogP contribution is -2.50. The summed E-state index contributed by atoms with van der Waals surface area (Å²) in [6.45, 7) is 5.78. The number of benzene rings is 1. The third-order valence-corrected chi connectivity index (χ3v) is 6.92. The summed E-state index contributed by atoms with van der Waals surface area (Å²) in [5.74, 6) is -0.276. The number of likely N-dealkylation sites (N-methyl/N-ethyl adjacent to an activating group) is 1. The van der Waals surface area contributed by atoms with Crippen molar-refractivity contribution in [1.29, 1.82) is 0 Å². The number of allylic oxidation sites excluding steroid dienone is 2. The van der Waals surface area contributed by atoms with E-state index in [1.54, 1.807) is 13.2 Å². The zero-order chi connectivity index (χ0) is 22.4. The third-order valence-electron chi connectivity index (χ3n) is 6.92. The van der Waals surface area contributed by atoms with Gasteiger partial charge in [-0.2, -0.15) is 13.2 Å². The van der Waals surface area contributed by atoms with Gasteiger partial charge >= 0.3 is 6.18 Å². The van der Waals surface area contributed by atoms with E-state index in [1.807, 2.05) is 6.92 Å². The minimum atomic E-state index is -4.38. The second kappa shape index (κ2) is 8.10. The molecular weight excluding hydrogens is 405 g/mol. The number of halogens is 3. The monoisotopic (exact) mass is 434 g/mol. The highest BCUT2D eigenvalue weighted by Gasteiger charge is 2.44. The van der Waals surface area contributed by atoms with E-state index in [0.29, 0.717) is 24.8 Å². The summed E-state index contributed by atoms with van der Waals surface area (Å²) in [7, 11) is 3.78. The van der Waals surface area contributed by atoms with Crippen LogP contribution in [-0.4, -0.2) is 61.5 Å². The molecule has 0 radical (unpaired) electrons. The Morgan fingerprint density at radius 1 is 1.19 bits per heavy atom. The largest absolute Gasteiger partial charge is 0.416 e. The fourth-order valence-corrected chi connectivity index (χ4v) is 4.95. The quantitative estimate of drug-likeness (QED) is 0.715. The number of rotatable bonds is 4. The second-order valence-corrected chi connectivity index (χ2v) is 9.10. The molecule has 1 aromatic carbocycles. The fraction of sp³-hybridized carbons (Fsp3) is 0.542. The number of ether oxygens (including phenoxy) is 1. The predicted octanol–water partition coefficient (Wildman–Crippen LogP) is 4.07. The van der Waals surface area contributed by atoms with Gasteiger partial charge in [0.05, 0.1) is 5.56 Å². The number of hydrogen-bond donors (Lipinski definition) is 0. The standard InChI is InChI=1S/C24H29F3N2O2/c1-23(31-3)15-20-17(14-21(23)29-9-7-28(2)8-10-29)13-18(22(20)30)11-16-5-4-6-19(12-16)24(25,26)27/h4-6,12,14,18H,7-11,13,15H2,1-3H3. The van der Waals surface area contributed by atoms with E-state index in [4.69, 9.17) is 4.74 Å². The Labute approximate surface area is 181 Å². The summed E-state index contributed by atoms with van der Waals surface area (Å²) < 4.78 is 45.1. The molecule has 2 unspecified atom stereocenters. The number of hydrogen-bond acceptors (Lipinski definition) is 4. The SMILES string of the molecule is COC1(C)CC2=C(C=C1N1CCN(C)CC1)CC(Cc1cccc(C(F)(F)F)c1)C2=O. The van der Waals surface area contributed by atoms with Crippen molar-refractivity contribution in [2.24, 2.45) is 5.92 Å². The average molecular weight is 435 g/mol. The molecule has 1 aromatic rings. The smallest absolute Gasteiger partial charge is 0.372 e. The molecule has 0 aromatic heterocycles. The zero-order valence-corrected chi connectivity index (χ0v) is 18.3. The van der Waals surface area contributed by atoms with Crippen LogP contribution in [0.3, 0.4) is 0 Å². The maximum atomic E-state index is 13.2. The first-order valence-corrected chi connectivity index (χ1v) is 10.7. The minimum Gasteiger partial charge on any atom is -0.372 e. The molecule has 0 bridgehead atoms. The molecule has 1 aliphatic heterocycles. The number of piperazine rings is 1. The van der Waals surface area contributed by atoms with Crippen molar-refractivity contribution < 1.29 is 22.7 Å². The molecule has 3 aliphatic rings. The molecule has 1 heterocycles. The molecule has 0 amide bonds. The Hall–Kier alpha value is -2.12. The summed E-state index contributed by atoms with van der Waals surface area (Å²) in [5.41, 5.74) is 2.21. The van der Waals surface area contributed by atoms with E-state index in [0.717, 1.165) is 55.2 Å².